The van der Waals surface area contributed by atoms with Crippen LogP contribution < -0.4 is 0 Å². The minimum absolute atomic E-state index is 0.00946. The fourth-order valence-corrected chi connectivity index (χ4v) is 4.67. The van der Waals surface area contributed by atoms with Crippen molar-refractivity contribution in [3.63, 3.8) is 0 Å². The van der Waals surface area contributed by atoms with Crippen LogP contribution in [-0.4, -0.2) is 32.0 Å². The molecule has 1 saturated heterocycles. The number of benzene rings is 2. The van der Waals surface area contributed by atoms with Crippen LogP contribution in [0.2, 0.25) is 0 Å². The molecule has 2 aromatic carbocycles. The number of sulfonamides is 1. The lowest BCUT2D eigenvalue weighted by Gasteiger charge is -2.29. The lowest BCUT2D eigenvalue weighted by atomic mass is 9.86. The fourth-order valence-electron chi connectivity index (χ4n) is 2.99. The van der Waals surface area contributed by atoms with E-state index in [0.717, 1.165) is 5.56 Å². The molecule has 0 radical (unpaired) electrons. The Bertz CT molecular complexity index is 835. The summed E-state index contributed by atoms with van der Waals surface area (Å²) in [6.45, 7) is 9.44. The van der Waals surface area contributed by atoms with E-state index in [1.54, 1.807) is 28.6 Å². The highest BCUT2D eigenvalue weighted by Crippen LogP contribution is 2.31. The molecule has 0 saturated carbocycles. The van der Waals surface area contributed by atoms with Gasteiger partial charge in [0, 0.05) is 12.6 Å². The summed E-state index contributed by atoms with van der Waals surface area (Å²) in [5, 5.41) is 0. The molecule has 140 valence electrons. The Kier molecular flexibility index (Phi) is 5.24. The van der Waals surface area contributed by atoms with Crippen LogP contribution in [0.1, 0.15) is 44.9 Å². The minimum atomic E-state index is -3.59. The molecule has 1 heterocycles. The molecular formula is C21H27NO3S. The molecule has 4 nitrogen and oxygen atoms in total. The Morgan fingerprint density at radius 3 is 2.15 bits per heavy atom. The van der Waals surface area contributed by atoms with Gasteiger partial charge in [-0.05, 0) is 35.6 Å². The topological polar surface area (TPSA) is 49.9 Å². The van der Waals surface area contributed by atoms with E-state index in [1.807, 2.05) is 25.1 Å². The van der Waals surface area contributed by atoms with Crippen LogP contribution in [0, 0.1) is 0 Å². The van der Waals surface area contributed by atoms with Gasteiger partial charge in [0.1, 0.15) is 0 Å². The van der Waals surface area contributed by atoms with Crippen molar-refractivity contribution < 1.29 is 13.2 Å². The monoisotopic (exact) mass is 373 g/mol. The molecule has 1 aliphatic heterocycles. The second kappa shape index (κ2) is 7.14. The van der Waals surface area contributed by atoms with Gasteiger partial charge in [0.2, 0.25) is 10.0 Å². The van der Waals surface area contributed by atoms with E-state index in [1.165, 1.54) is 5.56 Å². The van der Waals surface area contributed by atoms with Crippen molar-refractivity contribution in [2.24, 2.45) is 0 Å². The number of hydrogen-bond donors (Lipinski definition) is 0. The second-order valence-electron chi connectivity index (χ2n) is 7.89. The number of hydrogen-bond acceptors (Lipinski definition) is 3. The van der Waals surface area contributed by atoms with Crippen molar-refractivity contribution in [3.8, 4) is 0 Å². The van der Waals surface area contributed by atoms with E-state index in [2.05, 4.69) is 32.9 Å². The van der Waals surface area contributed by atoms with Gasteiger partial charge < -0.3 is 4.74 Å². The molecule has 0 amide bonds. The van der Waals surface area contributed by atoms with Crippen LogP contribution in [-0.2, 0) is 20.2 Å². The minimum Gasteiger partial charge on any atom is -0.372 e. The molecule has 0 spiro atoms. The first-order valence-corrected chi connectivity index (χ1v) is 10.4. The standard InChI is InChI=1S/C21H27NO3S/c1-16(17-10-12-18(13-11-17)21(2,3)4)22(14-19-15-25-19)26(23,24)20-8-6-5-7-9-20/h5-13,16,19H,14-15H2,1-4H3. The molecule has 0 N–H and O–H groups in total. The fraction of sp³-hybridized carbons (Fsp3) is 0.429. The van der Waals surface area contributed by atoms with E-state index in [0.29, 0.717) is 18.0 Å². The summed E-state index contributed by atoms with van der Waals surface area (Å²) in [5.41, 5.74) is 2.29. The normalized spacial score (nSPS) is 18.7. The van der Waals surface area contributed by atoms with Crippen molar-refractivity contribution in [1.29, 1.82) is 0 Å². The van der Waals surface area contributed by atoms with Gasteiger partial charge in [-0.25, -0.2) is 8.42 Å². The van der Waals surface area contributed by atoms with Crippen LogP contribution in [0.5, 0.6) is 0 Å². The number of nitrogens with zero attached hydrogens (tertiary/aromatic N) is 1. The summed E-state index contributed by atoms with van der Waals surface area (Å²) in [4.78, 5) is 0.318. The van der Waals surface area contributed by atoms with Gasteiger partial charge in [0.25, 0.3) is 0 Å². The third kappa shape index (κ3) is 4.17. The van der Waals surface area contributed by atoms with Crippen molar-refractivity contribution >= 4 is 10.0 Å². The Hall–Kier alpha value is -1.69. The van der Waals surface area contributed by atoms with Crippen molar-refractivity contribution in [2.75, 3.05) is 13.2 Å². The van der Waals surface area contributed by atoms with Crippen molar-refractivity contribution in [1.82, 2.24) is 4.31 Å². The number of epoxide rings is 1. The summed E-state index contributed by atoms with van der Waals surface area (Å²) < 4.78 is 33.3. The van der Waals surface area contributed by atoms with E-state index < -0.39 is 10.0 Å². The lowest BCUT2D eigenvalue weighted by Crippen LogP contribution is -2.36. The van der Waals surface area contributed by atoms with Gasteiger partial charge >= 0.3 is 0 Å². The first kappa shape index (κ1) is 19.1. The van der Waals surface area contributed by atoms with Crippen molar-refractivity contribution in [2.45, 2.75) is 50.2 Å². The van der Waals surface area contributed by atoms with Crippen LogP contribution in [0.15, 0.2) is 59.5 Å². The van der Waals surface area contributed by atoms with Crippen molar-refractivity contribution in [3.05, 3.63) is 65.7 Å². The molecule has 0 aliphatic carbocycles. The Morgan fingerprint density at radius 2 is 1.65 bits per heavy atom. The van der Waals surface area contributed by atoms with Crippen LogP contribution >= 0.6 is 0 Å². The number of rotatable bonds is 6. The first-order chi connectivity index (χ1) is 12.2. The smallest absolute Gasteiger partial charge is 0.243 e. The molecule has 5 heteroatoms. The van der Waals surface area contributed by atoms with E-state index >= 15 is 0 Å². The van der Waals surface area contributed by atoms with Gasteiger partial charge in [-0.1, -0.05) is 63.2 Å². The average Bonchev–Trinajstić information content (AvgIpc) is 3.43. The molecule has 3 rings (SSSR count). The molecule has 2 aromatic rings. The predicted molar refractivity (Wildman–Crippen MR) is 104 cm³/mol. The third-order valence-electron chi connectivity index (χ3n) is 4.83. The largest absolute Gasteiger partial charge is 0.372 e. The highest BCUT2D eigenvalue weighted by Gasteiger charge is 2.36. The molecule has 26 heavy (non-hydrogen) atoms. The first-order valence-electron chi connectivity index (χ1n) is 8.98. The van der Waals surface area contributed by atoms with E-state index in [9.17, 15) is 8.42 Å². The van der Waals surface area contributed by atoms with Crippen LogP contribution in [0.4, 0.5) is 0 Å². The maximum absolute atomic E-state index is 13.2. The maximum Gasteiger partial charge on any atom is 0.243 e. The SMILES string of the molecule is CC(c1ccc(C(C)(C)C)cc1)N(CC1CO1)S(=O)(=O)c1ccccc1. The quantitative estimate of drug-likeness (QED) is 0.715. The average molecular weight is 374 g/mol. The highest BCUT2D eigenvalue weighted by atomic mass is 32.2. The maximum atomic E-state index is 13.2. The molecular weight excluding hydrogens is 346 g/mol. The predicted octanol–water partition coefficient (Wildman–Crippen LogP) is 4.13. The summed E-state index contributed by atoms with van der Waals surface area (Å²) in [6, 6.07) is 16.6. The molecule has 2 atom stereocenters. The lowest BCUT2D eigenvalue weighted by molar-refractivity contribution is 0.295. The highest BCUT2D eigenvalue weighted by molar-refractivity contribution is 7.89. The summed E-state index contributed by atoms with van der Waals surface area (Å²) in [6.07, 6.45) is -0.00946. The summed E-state index contributed by atoms with van der Waals surface area (Å²) in [7, 11) is -3.59. The van der Waals surface area contributed by atoms with Gasteiger partial charge in [-0.2, -0.15) is 4.31 Å². The van der Waals surface area contributed by atoms with Gasteiger partial charge in [0.15, 0.2) is 0 Å². The Balaban J connectivity index is 1.92. The summed E-state index contributed by atoms with van der Waals surface area (Å²) >= 11 is 0. The third-order valence-corrected chi connectivity index (χ3v) is 6.78. The zero-order valence-corrected chi connectivity index (χ0v) is 16.7. The zero-order chi connectivity index (χ0) is 18.9. The number of ether oxygens (including phenoxy) is 1. The van der Waals surface area contributed by atoms with Crippen LogP contribution in [0.25, 0.3) is 0 Å². The van der Waals surface area contributed by atoms with Crippen LogP contribution in [0.3, 0.4) is 0 Å². The molecule has 0 bridgehead atoms. The van der Waals surface area contributed by atoms with E-state index in [4.69, 9.17) is 4.74 Å². The summed E-state index contributed by atoms with van der Waals surface area (Å²) in [5.74, 6) is 0. The van der Waals surface area contributed by atoms with Gasteiger partial charge in [-0.3, -0.25) is 0 Å². The van der Waals surface area contributed by atoms with Gasteiger partial charge in [0.05, 0.1) is 17.6 Å². The Labute approximate surface area is 156 Å². The van der Waals surface area contributed by atoms with Gasteiger partial charge in [-0.15, -0.1) is 0 Å². The van der Waals surface area contributed by atoms with E-state index in [-0.39, 0.29) is 17.6 Å². The Morgan fingerprint density at radius 1 is 1.08 bits per heavy atom. The molecule has 1 fully saturated rings. The molecule has 0 aromatic heterocycles. The zero-order valence-electron chi connectivity index (χ0n) is 15.8. The molecule has 2 unspecified atom stereocenters. The molecule has 1 aliphatic rings. The second-order valence-corrected chi connectivity index (χ2v) is 9.78.